The van der Waals surface area contributed by atoms with E-state index in [1.54, 1.807) is 6.92 Å². The number of rotatable bonds is 0. The second-order valence-electron chi connectivity index (χ2n) is 2.14. The molecule has 0 aromatic rings. The molecule has 3 nitrogen and oxygen atoms in total. The Labute approximate surface area is 71.2 Å². The highest BCUT2D eigenvalue weighted by atomic mass is 19.1. The lowest BCUT2D eigenvalue weighted by Gasteiger charge is -2.07. The van der Waals surface area contributed by atoms with E-state index in [1.165, 1.54) is 0 Å². The largest absolute Gasteiger partial charge is 0.381 e. The molecule has 4 heteroatoms. The smallest absolute Gasteiger partial charge is 0.254 e. The molecule has 0 fully saturated rings. The highest BCUT2D eigenvalue weighted by Crippen LogP contribution is 2.12. The van der Waals surface area contributed by atoms with Gasteiger partial charge in [-0.3, -0.25) is 4.79 Å². The molecule has 0 aromatic carbocycles. The standard InChI is InChI=1S/C6H7FN2O.C2H6/c1-3-2-4(7)5(8)9-6(3)10;1-2/h2-3H,1H3,(H2,8,9,10);1-2H3. The van der Waals surface area contributed by atoms with Gasteiger partial charge in [-0.25, -0.2) is 4.39 Å². The third kappa shape index (κ3) is 2.45. The Morgan fingerprint density at radius 2 is 2.08 bits per heavy atom. The number of carbonyl (C=O) groups is 1. The second-order valence-corrected chi connectivity index (χ2v) is 2.14. The van der Waals surface area contributed by atoms with Gasteiger partial charge in [0.1, 0.15) is 0 Å². The minimum Gasteiger partial charge on any atom is -0.381 e. The number of nitrogens with two attached hydrogens (primary N) is 1. The second kappa shape index (κ2) is 4.64. The zero-order valence-corrected chi connectivity index (χ0v) is 7.47. The van der Waals surface area contributed by atoms with Crippen molar-refractivity contribution in [1.82, 2.24) is 0 Å². The fourth-order valence-corrected chi connectivity index (χ4v) is 0.650. The SMILES string of the molecule is CC.CC1C=C(F)C(N)=NC1=O. The summed E-state index contributed by atoms with van der Waals surface area (Å²) in [5.74, 6) is -1.79. The van der Waals surface area contributed by atoms with Crippen molar-refractivity contribution in [3.8, 4) is 0 Å². The van der Waals surface area contributed by atoms with Gasteiger partial charge in [-0.15, -0.1) is 0 Å². The molecule has 12 heavy (non-hydrogen) atoms. The summed E-state index contributed by atoms with van der Waals surface area (Å²) in [4.78, 5) is 13.9. The molecule has 1 heterocycles. The Morgan fingerprint density at radius 1 is 1.58 bits per heavy atom. The van der Waals surface area contributed by atoms with Crippen LogP contribution in [0.2, 0.25) is 0 Å². The van der Waals surface area contributed by atoms with Gasteiger partial charge in [0, 0.05) is 0 Å². The topological polar surface area (TPSA) is 55.4 Å². The minimum absolute atomic E-state index is 0.317. The zero-order chi connectivity index (χ0) is 9.72. The molecule has 0 spiro atoms. The monoisotopic (exact) mass is 172 g/mol. The number of hydrogen-bond acceptors (Lipinski definition) is 2. The molecule has 1 aliphatic heterocycles. The number of dihydropyridines is 1. The molecule has 0 aliphatic carbocycles. The average molecular weight is 172 g/mol. The van der Waals surface area contributed by atoms with E-state index < -0.39 is 11.7 Å². The molecule has 0 saturated heterocycles. The Balaban J connectivity index is 0.000000561. The summed E-state index contributed by atoms with van der Waals surface area (Å²) in [5.41, 5.74) is 5.02. The van der Waals surface area contributed by atoms with Crippen molar-refractivity contribution in [2.45, 2.75) is 20.8 Å². The van der Waals surface area contributed by atoms with Crippen LogP contribution in [0, 0.1) is 5.92 Å². The average Bonchev–Trinajstić information content (AvgIpc) is 2.05. The third-order valence-corrected chi connectivity index (χ3v) is 1.26. The summed E-state index contributed by atoms with van der Waals surface area (Å²) in [7, 11) is 0. The summed E-state index contributed by atoms with van der Waals surface area (Å²) in [6.45, 7) is 5.57. The Bertz CT molecular complexity index is 233. The number of nitrogens with zero attached hydrogens (tertiary/aromatic N) is 1. The Hall–Kier alpha value is -1.19. The normalized spacial score (nSPS) is 22.0. The molecular formula is C8H13FN2O. The van der Waals surface area contributed by atoms with Crippen molar-refractivity contribution in [2.24, 2.45) is 16.6 Å². The zero-order valence-electron chi connectivity index (χ0n) is 7.47. The fraction of sp³-hybridized carbons (Fsp3) is 0.500. The predicted octanol–water partition coefficient (Wildman–Crippen LogP) is 1.40. The van der Waals surface area contributed by atoms with Gasteiger partial charge >= 0.3 is 0 Å². The predicted molar refractivity (Wildman–Crippen MR) is 46.3 cm³/mol. The first-order valence-electron chi connectivity index (χ1n) is 3.87. The molecule has 1 aliphatic rings. The van der Waals surface area contributed by atoms with E-state index in [4.69, 9.17) is 5.73 Å². The maximum Gasteiger partial charge on any atom is 0.254 e. The fourth-order valence-electron chi connectivity index (χ4n) is 0.650. The summed E-state index contributed by atoms with van der Waals surface area (Å²) >= 11 is 0. The van der Waals surface area contributed by atoms with E-state index in [0.717, 1.165) is 6.08 Å². The van der Waals surface area contributed by atoms with Crippen LogP contribution in [0.15, 0.2) is 16.9 Å². The number of amides is 1. The molecular weight excluding hydrogens is 159 g/mol. The van der Waals surface area contributed by atoms with Crippen LogP contribution in [0.3, 0.4) is 0 Å². The van der Waals surface area contributed by atoms with E-state index >= 15 is 0 Å². The van der Waals surface area contributed by atoms with E-state index in [9.17, 15) is 9.18 Å². The number of hydrogen-bond donors (Lipinski definition) is 1. The van der Waals surface area contributed by atoms with Crippen molar-refractivity contribution < 1.29 is 9.18 Å². The van der Waals surface area contributed by atoms with Crippen LogP contribution in [0.5, 0.6) is 0 Å². The Kier molecular flexibility index (Phi) is 4.18. The van der Waals surface area contributed by atoms with Gasteiger partial charge in [-0.05, 0) is 13.0 Å². The first-order valence-corrected chi connectivity index (χ1v) is 3.87. The van der Waals surface area contributed by atoms with Crippen molar-refractivity contribution >= 4 is 11.7 Å². The quantitative estimate of drug-likeness (QED) is 0.600. The van der Waals surface area contributed by atoms with Gasteiger partial charge in [0.15, 0.2) is 11.7 Å². The number of aliphatic imine (C=N–C) groups is 1. The van der Waals surface area contributed by atoms with Crippen LogP contribution >= 0.6 is 0 Å². The van der Waals surface area contributed by atoms with Gasteiger partial charge in [0.25, 0.3) is 5.91 Å². The van der Waals surface area contributed by atoms with Crippen LogP contribution in [0.4, 0.5) is 4.39 Å². The molecule has 0 radical (unpaired) electrons. The van der Waals surface area contributed by atoms with E-state index in [0.29, 0.717) is 0 Å². The highest BCUT2D eigenvalue weighted by Gasteiger charge is 2.18. The van der Waals surface area contributed by atoms with Crippen LogP contribution in [-0.2, 0) is 4.79 Å². The molecule has 1 amide bonds. The number of carbonyl (C=O) groups excluding carboxylic acids is 1. The van der Waals surface area contributed by atoms with Crippen LogP contribution in [0.25, 0.3) is 0 Å². The first kappa shape index (κ1) is 10.8. The summed E-state index contributed by atoms with van der Waals surface area (Å²) < 4.78 is 12.5. The first-order chi connectivity index (χ1) is 5.61. The molecule has 1 atom stereocenters. The van der Waals surface area contributed by atoms with Gasteiger partial charge < -0.3 is 5.73 Å². The van der Waals surface area contributed by atoms with Crippen LogP contribution < -0.4 is 5.73 Å². The van der Waals surface area contributed by atoms with Crippen molar-refractivity contribution in [3.05, 3.63) is 11.9 Å². The Morgan fingerprint density at radius 3 is 2.50 bits per heavy atom. The summed E-state index contributed by atoms with van der Waals surface area (Å²) in [5, 5.41) is 0. The van der Waals surface area contributed by atoms with Crippen LogP contribution in [-0.4, -0.2) is 11.7 Å². The van der Waals surface area contributed by atoms with E-state index in [2.05, 4.69) is 4.99 Å². The molecule has 0 aromatic heterocycles. The lowest BCUT2D eigenvalue weighted by atomic mass is 10.1. The van der Waals surface area contributed by atoms with Gasteiger partial charge in [-0.1, -0.05) is 13.8 Å². The van der Waals surface area contributed by atoms with Crippen LogP contribution in [0.1, 0.15) is 20.8 Å². The lowest BCUT2D eigenvalue weighted by Crippen LogP contribution is -2.22. The highest BCUT2D eigenvalue weighted by molar-refractivity contribution is 6.05. The summed E-state index contributed by atoms with van der Waals surface area (Å²) in [6, 6.07) is 0. The van der Waals surface area contributed by atoms with Gasteiger partial charge in [-0.2, -0.15) is 4.99 Å². The minimum atomic E-state index is -0.605. The van der Waals surface area contributed by atoms with E-state index in [-0.39, 0.29) is 11.7 Å². The summed E-state index contributed by atoms with van der Waals surface area (Å²) in [6.07, 6.45) is 1.16. The maximum atomic E-state index is 12.5. The number of amidine groups is 1. The maximum absolute atomic E-state index is 12.5. The van der Waals surface area contributed by atoms with Crippen molar-refractivity contribution in [1.29, 1.82) is 0 Å². The van der Waals surface area contributed by atoms with E-state index in [1.807, 2.05) is 13.8 Å². The molecule has 68 valence electrons. The molecule has 1 rings (SSSR count). The van der Waals surface area contributed by atoms with Gasteiger partial charge in [0.2, 0.25) is 0 Å². The molecule has 1 unspecified atom stereocenters. The molecule has 2 N–H and O–H groups in total. The molecule has 0 bridgehead atoms. The van der Waals surface area contributed by atoms with Gasteiger partial charge in [0.05, 0.1) is 5.92 Å². The third-order valence-electron chi connectivity index (χ3n) is 1.26. The molecule has 0 saturated carbocycles. The van der Waals surface area contributed by atoms with Crippen molar-refractivity contribution in [3.63, 3.8) is 0 Å². The lowest BCUT2D eigenvalue weighted by molar-refractivity contribution is -0.119. The van der Waals surface area contributed by atoms with Crippen molar-refractivity contribution in [2.75, 3.05) is 0 Å². The number of halogens is 1.